The van der Waals surface area contributed by atoms with E-state index in [9.17, 15) is 9.59 Å². The van der Waals surface area contributed by atoms with Gasteiger partial charge in [0, 0.05) is 7.05 Å². The Bertz CT molecular complexity index is 212. The van der Waals surface area contributed by atoms with E-state index >= 15 is 0 Å². The van der Waals surface area contributed by atoms with E-state index in [2.05, 4.69) is 9.73 Å². The third kappa shape index (κ3) is 3.55. The summed E-state index contributed by atoms with van der Waals surface area (Å²) in [7, 11) is 1.39. The van der Waals surface area contributed by atoms with Gasteiger partial charge in [0.2, 0.25) is 0 Å². The second-order valence-electron chi connectivity index (χ2n) is 1.78. The fourth-order valence-electron chi connectivity index (χ4n) is 0.420. The van der Waals surface area contributed by atoms with E-state index in [-0.39, 0.29) is 12.6 Å². The Balaban J connectivity index is 3.96. The first-order valence-corrected chi connectivity index (χ1v) is 3.32. The zero-order chi connectivity index (χ0) is 9.56. The molecule has 0 atom stereocenters. The number of guanidine groups is 1. The van der Waals surface area contributed by atoms with E-state index in [4.69, 9.17) is 5.73 Å². The first-order valence-electron chi connectivity index (χ1n) is 3.32. The van der Waals surface area contributed by atoms with Gasteiger partial charge in [0.1, 0.15) is 0 Å². The van der Waals surface area contributed by atoms with Gasteiger partial charge in [0.25, 0.3) is 0 Å². The average Bonchev–Trinajstić information content (AvgIpc) is 2.04. The van der Waals surface area contributed by atoms with Crippen LogP contribution in [0.2, 0.25) is 0 Å². The van der Waals surface area contributed by atoms with Crippen molar-refractivity contribution in [3.63, 3.8) is 0 Å². The Morgan fingerprint density at radius 2 is 2.17 bits per heavy atom. The molecule has 12 heavy (non-hydrogen) atoms. The lowest BCUT2D eigenvalue weighted by atomic mass is 10.6. The molecule has 6 nitrogen and oxygen atoms in total. The fraction of sp³-hybridized carbons (Fsp3) is 0.500. The molecule has 0 spiro atoms. The number of amides is 1. The maximum absolute atomic E-state index is 10.8. The summed E-state index contributed by atoms with van der Waals surface area (Å²) in [4.78, 5) is 24.8. The van der Waals surface area contributed by atoms with Crippen LogP contribution in [0.5, 0.6) is 0 Å². The number of nitrogens with two attached hydrogens (primary N) is 1. The zero-order valence-electron chi connectivity index (χ0n) is 6.96. The zero-order valence-corrected chi connectivity index (χ0v) is 6.96. The molecule has 0 heterocycles. The van der Waals surface area contributed by atoms with Crippen LogP contribution in [0.3, 0.4) is 0 Å². The third-order valence-electron chi connectivity index (χ3n) is 0.943. The molecule has 0 fully saturated rings. The molecule has 3 N–H and O–H groups in total. The molecule has 0 aliphatic rings. The lowest BCUT2D eigenvalue weighted by Crippen LogP contribution is -2.41. The number of rotatable bonds is 1. The van der Waals surface area contributed by atoms with E-state index in [1.165, 1.54) is 7.05 Å². The highest BCUT2D eigenvalue weighted by molar-refractivity contribution is 6.35. The monoisotopic (exact) mass is 173 g/mol. The second kappa shape index (κ2) is 5.11. The van der Waals surface area contributed by atoms with Gasteiger partial charge < -0.3 is 10.5 Å². The van der Waals surface area contributed by atoms with Crippen molar-refractivity contribution < 1.29 is 14.3 Å². The number of carbonyl (C=O) groups is 2. The molecule has 6 heteroatoms. The summed E-state index contributed by atoms with van der Waals surface area (Å²) in [5.41, 5.74) is 5.12. The first-order chi connectivity index (χ1) is 5.61. The number of nitrogens with one attached hydrogen (secondary N) is 1. The molecule has 0 saturated heterocycles. The molecule has 68 valence electrons. The van der Waals surface area contributed by atoms with Crippen LogP contribution in [0.25, 0.3) is 0 Å². The van der Waals surface area contributed by atoms with Crippen LogP contribution < -0.4 is 11.1 Å². The molecule has 0 aromatic rings. The van der Waals surface area contributed by atoms with E-state index in [1.54, 1.807) is 6.92 Å². The van der Waals surface area contributed by atoms with Gasteiger partial charge in [0.05, 0.1) is 6.61 Å². The standard InChI is InChI=1S/C6H11N3O3/c1-3-12-5(11)4(10)9-6(7)8-2/h3H2,1-2H3,(H3,7,8,9,10). The van der Waals surface area contributed by atoms with Crippen molar-refractivity contribution in [3.8, 4) is 0 Å². The molecule has 0 saturated carbocycles. The van der Waals surface area contributed by atoms with Gasteiger partial charge >= 0.3 is 11.9 Å². The highest BCUT2D eigenvalue weighted by atomic mass is 16.5. The third-order valence-corrected chi connectivity index (χ3v) is 0.943. The van der Waals surface area contributed by atoms with Crippen LogP contribution in [0.1, 0.15) is 6.92 Å². The van der Waals surface area contributed by atoms with Gasteiger partial charge in [-0.25, -0.2) is 4.79 Å². The number of carbonyl (C=O) groups excluding carboxylic acids is 2. The minimum atomic E-state index is -0.968. The SMILES string of the molecule is CCOC(=O)C(=O)NC(N)=NC. The number of hydrogen-bond acceptors (Lipinski definition) is 4. The molecule has 1 amide bonds. The fourth-order valence-corrected chi connectivity index (χ4v) is 0.420. The number of ether oxygens (including phenoxy) is 1. The first kappa shape index (κ1) is 10.4. The Kier molecular flexibility index (Phi) is 4.43. The number of esters is 1. The summed E-state index contributed by atoms with van der Waals surface area (Å²) in [5, 5.41) is 2.03. The Labute approximate surface area is 69.8 Å². The molecule has 0 aromatic heterocycles. The summed E-state index contributed by atoms with van der Waals surface area (Å²) < 4.78 is 4.39. The number of aliphatic imine (C=N–C) groups is 1. The molecule has 0 radical (unpaired) electrons. The summed E-state index contributed by atoms with van der Waals surface area (Å²) in [5.74, 6) is -2.00. The van der Waals surface area contributed by atoms with Crippen molar-refractivity contribution in [3.05, 3.63) is 0 Å². The molecule has 0 aromatic carbocycles. The summed E-state index contributed by atoms with van der Waals surface area (Å²) in [6.07, 6.45) is 0. The molecule has 0 rings (SSSR count). The van der Waals surface area contributed by atoms with Crippen LogP contribution in [0.4, 0.5) is 0 Å². The minimum absolute atomic E-state index is 0.118. The topological polar surface area (TPSA) is 93.8 Å². The van der Waals surface area contributed by atoms with Crippen LogP contribution in [-0.2, 0) is 14.3 Å². The highest BCUT2D eigenvalue weighted by Crippen LogP contribution is 1.77. The summed E-state index contributed by atoms with van der Waals surface area (Å²) in [6.45, 7) is 1.75. The Morgan fingerprint density at radius 3 is 2.58 bits per heavy atom. The van der Waals surface area contributed by atoms with Crippen molar-refractivity contribution in [1.29, 1.82) is 0 Å². The quantitative estimate of drug-likeness (QED) is 0.221. The lowest BCUT2D eigenvalue weighted by molar-refractivity contribution is -0.153. The van der Waals surface area contributed by atoms with Crippen molar-refractivity contribution in [2.45, 2.75) is 6.92 Å². The highest BCUT2D eigenvalue weighted by Gasteiger charge is 2.14. The van der Waals surface area contributed by atoms with Crippen LogP contribution in [-0.4, -0.2) is 31.5 Å². The largest absolute Gasteiger partial charge is 0.459 e. The van der Waals surface area contributed by atoms with E-state index in [0.29, 0.717) is 0 Å². The second-order valence-corrected chi connectivity index (χ2v) is 1.78. The summed E-state index contributed by atoms with van der Waals surface area (Å²) in [6, 6.07) is 0. The predicted molar refractivity (Wildman–Crippen MR) is 42.3 cm³/mol. The van der Waals surface area contributed by atoms with Crippen LogP contribution in [0.15, 0.2) is 4.99 Å². The maximum Gasteiger partial charge on any atom is 0.397 e. The Morgan fingerprint density at radius 1 is 1.58 bits per heavy atom. The van der Waals surface area contributed by atoms with Gasteiger partial charge in [-0.1, -0.05) is 0 Å². The van der Waals surface area contributed by atoms with Gasteiger partial charge in [-0.05, 0) is 6.92 Å². The van der Waals surface area contributed by atoms with Gasteiger partial charge in [0.15, 0.2) is 5.96 Å². The molecular weight excluding hydrogens is 162 g/mol. The van der Waals surface area contributed by atoms with E-state index < -0.39 is 11.9 Å². The Hall–Kier alpha value is -1.59. The molecule has 0 aliphatic carbocycles. The normalized spacial score (nSPS) is 10.7. The van der Waals surface area contributed by atoms with E-state index in [1.807, 2.05) is 5.32 Å². The van der Waals surface area contributed by atoms with Crippen molar-refractivity contribution in [2.24, 2.45) is 10.7 Å². The molecular formula is C6H11N3O3. The number of hydrogen-bond donors (Lipinski definition) is 2. The summed E-state index contributed by atoms with van der Waals surface area (Å²) >= 11 is 0. The van der Waals surface area contributed by atoms with Gasteiger partial charge in [-0.3, -0.25) is 15.1 Å². The van der Waals surface area contributed by atoms with Crippen molar-refractivity contribution in [2.75, 3.05) is 13.7 Å². The minimum Gasteiger partial charge on any atom is -0.459 e. The molecule has 0 aliphatic heterocycles. The molecule has 0 unspecified atom stereocenters. The van der Waals surface area contributed by atoms with Crippen molar-refractivity contribution in [1.82, 2.24) is 5.32 Å². The maximum atomic E-state index is 10.8. The van der Waals surface area contributed by atoms with Gasteiger partial charge in [-0.2, -0.15) is 0 Å². The van der Waals surface area contributed by atoms with Crippen LogP contribution >= 0.6 is 0 Å². The molecule has 0 bridgehead atoms. The smallest absolute Gasteiger partial charge is 0.397 e. The number of nitrogens with zero attached hydrogens (tertiary/aromatic N) is 1. The van der Waals surface area contributed by atoms with E-state index in [0.717, 1.165) is 0 Å². The van der Waals surface area contributed by atoms with Crippen molar-refractivity contribution >= 4 is 17.8 Å². The lowest BCUT2D eigenvalue weighted by Gasteiger charge is -2.01. The predicted octanol–water partition coefficient (Wildman–Crippen LogP) is -1.39. The average molecular weight is 173 g/mol. The van der Waals surface area contributed by atoms with Gasteiger partial charge in [-0.15, -0.1) is 0 Å². The van der Waals surface area contributed by atoms with Crippen LogP contribution in [0, 0.1) is 0 Å².